The van der Waals surface area contributed by atoms with Crippen molar-refractivity contribution in [3.05, 3.63) is 16.1 Å². The number of nitrogens with one attached hydrogen (secondary N) is 1. The lowest BCUT2D eigenvalue weighted by molar-refractivity contribution is -0.119. The van der Waals surface area contributed by atoms with Crippen LogP contribution >= 0.6 is 11.3 Å². The predicted octanol–water partition coefficient (Wildman–Crippen LogP) is 1.73. The molecule has 1 amide bonds. The van der Waals surface area contributed by atoms with Crippen LogP contribution in [0.1, 0.15) is 42.3 Å². The van der Waals surface area contributed by atoms with Gasteiger partial charge in [0.05, 0.1) is 12.2 Å². The van der Waals surface area contributed by atoms with E-state index in [1.54, 1.807) is 11.3 Å². The van der Waals surface area contributed by atoms with Gasteiger partial charge < -0.3 is 5.32 Å². The lowest BCUT2D eigenvalue weighted by Crippen LogP contribution is -2.36. The fraction of sp³-hybridized carbons (Fsp3) is 0.692. The van der Waals surface area contributed by atoms with E-state index in [9.17, 15) is 4.79 Å². The Balaban J connectivity index is 1.50. The zero-order valence-corrected chi connectivity index (χ0v) is 11.5. The number of carbonyl (C=O) groups is 1. The van der Waals surface area contributed by atoms with E-state index in [0.29, 0.717) is 12.5 Å². The first-order valence-corrected chi connectivity index (χ1v) is 7.51. The zero-order valence-electron chi connectivity index (χ0n) is 10.7. The third-order valence-corrected chi connectivity index (χ3v) is 4.44. The number of thiazole rings is 1. The van der Waals surface area contributed by atoms with Crippen LogP contribution in [-0.4, -0.2) is 35.4 Å². The van der Waals surface area contributed by atoms with Crippen molar-refractivity contribution in [2.45, 2.75) is 44.2 Å². The Hall–Kier alpha value is -0.940. The van der Waals surface area contributed by atoms with E-state index in [2.05, 4.69) is 22.6 Å². The van der Waals surface area contributed by atoms with Gasteiger partial charge in [-0.15, -0.1) is 11.3 Å². The van der Waals surface area contributed by atoms with Crippen molar-refractivity contribution in [2.75, 3.05) is 13.6 Å². The quantitative estimate of drug-likeness (QED) is 0.882. The maximum Gasteiger partial charge on any atom is 0.220 e. The van der Waals surface area contributed by atoms with E-state index < -0.39 is 0 Å². The first-order valence-electron chi connectivity index (χ1n) is 6.63. The van der Waals surface area contributed by atoms with Gasteiger partial charge in [0.25, 0.3) is 0 Å². The average molecular weight is 265 g/mol. The van der Waals surface area contributed by atoms with Crippen molar-refractivity contribution in [3.63, 3.8) is 0 Å². The van der Waals surface area contributed by atoms with Crippen molar-refractivity contribution in [2.24, 2.45) is 0 Å². The maximum atomic E-state index is 11.1. The molecule has 1 N–H and O–H groups in total. The molecule has 2 aliphatic rings. The summed E-state index contributed by atoms with van der Waals surface area (Å²) < 4.78 is 0. The second-order valence-corrected chi connectivity index (χ2v) is 6.38. The average Bonchev–Trinajstić information content (AvgIpc) is 2.95. The third kappa shape index (κ3) is 2.90. The molecule has 1 saturated carbocycles. The molecule has 1 aliphatic carbocycles. The van der Waals surface area contributed by atoms with Gasteiger partial charge in [0.2, 0.25) is 5.91 Å². The van der Waals surface area contributed by atoms with Crippen LogP contribution < -0.4 is 5.32 Å². The van der Waals surface area contributed by atoms with E-state index in [4.69, 9.17) is 4.98 Å². The van der Waals surface area contributed by atoms with E-state index in [0.717, 1.165) is 25.4 Å². The summed E-state index contributed by atoms with van der Waals surface area (Å²) in [6.07, 6.45) is 4.27. The van der Waals surface area contributed by atoms with Crippen LogP contribution in [0.5, 0.6) is 0 Å². The Bertz CT molecular complexity index is 441. The molecule has 4 nitrogen and oxygen atoms in total. The van der Waals surface area contributed by atoms with Crippen LogP contribution in [0, 0.1) is 0 Å². The van der Waals surface area contributed by atoms with Crippen LogP contribution in [0.15, 0.2) is 5.38 Å². The summed E-state index contributed by atoms with van der Waals surface area (Å²) in [6.45, 7) is 1.81. The van der Waals surface area contributed by atoms with Crippen molar-refractivity contribution in [3.8, 4) is 0 Å². The molecule has 5 heteroatoms. The van der Waals surface area contributed by atoms with E-state index in [1.165, 1.54) is 23.5 Å². The smallest absolute Gasteiger partial charge is 0.220 e. The highest BCUT2D eigenvalue weighted by molar-refractivity contribution is 7.09. The summed E-state index contributed by atoms with van der Waals surface area (Å²) >= 11 is 1.76. The van der Waals surface area contributed by atoms with Crippen LogP contribution in [0.2, 0.25) is 0 Å². The third-order valence-electron chi connectivity index (χ3n) is 3.59. The first kappa shape index (κ1) is 12.1. The maximum absolute atomic E-state index is 11.1. The number of hydrogen-bond acceptors (Lipinski definition) is 4. The molecular formula is C13H19N3OS. The molecule has 98 valence electrons. The van der Waals surface area contributed by atoms with Crippen molar-refractivity contribution in [1.29, 1.82) is 0 Å². The molecular weight excluding hydrogens is 246 g/mol. The van der Waals surface area contributed by atoms with Crippen LogP contribution in [0.4, 0.5) is 0 Å². The van der Waals surface area contributed by atoms with Crippen LogP contribution in [-0.2, 0) is 11.3 Å². The molecule has 0 spiro atoms. The number of hydrogen-bond donors (Lipinski definition) is 1. The second-order valence-electron chi connectivity index (χ2n) is 5.44. The molecule has 2 fully saturated rings. The van der Waals surface area contributed by atoms with Gasteiger partial charge in [0.15, 0.2) is 0 Å². The Kier molecular flexibility index (Phi) is 3.35. The summed E-state index contributed by atoms with van der Waals surface area (Å²) in [7, 11) is 2.10. The standard InChI is InChI=1S/C13H19N3OS/c1-16(6-10-4-5-12(17)14-10)7-13-15-11(8-18-13)9-2-3-9/h8-10H,2-7H2,1H3,(H,14,17)/t10-/m0/s1. The molecule has 2 heterocycles. The Morgan fingerprint density at radius 3 is 3.00 bits per heavy atom. The number of nitrogens with zero attached hydrogens (tertiary/aromatic N) is 2. The molecule has 0 radical (unpaired) electrons. The van der Waals surface area contributed by atoms with E-state index >= 15 is 0 Å². The molecule has 1 saturated heterocycles. The second kappa shape index (κ2) is 4.97. The Morgan fingerprint density at radius 1 is 1.50 bits per heavy atom. The summed E-state index contributed by atoms with van der Waals surface area (Å²) in [4.78, 5) is 18.1. The Morgan fingerprint density at radius 2 is 2.33 bits per heavy atom. The zero-order chi connectivity index (χ0) is 12.5. The fourth-order valence-corrected chi connectivity index (χ4v) is 3.41. The topological polar surface area (TPSA) is 45.2 Å². The predicted molar refractivity (Wildman–Crippen MR) is 71.6 cm³/mol. The van der Waals surface area contributed by atoms with Gasteiger partial charge in [-0.3, -0.25) is 9.69 Å². The SMILES string of the molecule is CN(Cc1nc(C2CC2)cs1)C[C@@H]1CCC(=O)N1. The molecule has 18 heavy (non-hydrogen) atoms. The normalized spacial score (nSPS) is 23.7. The highest BCUT2D eigenvalue weighted by Gasteiger charge is 2.26. The lowest BCUT2D eigenvalue weighted by Gasteiger charge is -2.19. The number of amides is 1. The first-order chi connectivity index (χ1) is 8.70. The minimum atomic E-state index is 0.193. The van der Waals surface area contributed by atoms with E-state index in [1.807, 2.05) is 0 Å². The van der Waals surface area contributed by atoms with Gasteiger partial charge in [-0.1, -0.05) is 0 Å². The van der Waals surface area contributed by atoms with Crippen molar-refractivity contribution in [1.82, 2.24) is 15.2 Å². The number of carbonyl (C=O) groups excluding carboxylic acids is 1. The molecule has 0 bridgehead atoms. The van der Waals surface area contributed by atoms with Gasteiger partial charge in [-0.2, -0.15) is 0 Å². The minimum Gasteiger partial charge on any atom is -0.352 e. The monoisotopic (exact) mass is 265 g/mol. The highest BCUT2D eigenvalue weighted by atomic mass is 32.1. The number of rotatable bonds is 5. The van der Waals surface area contributed by atoms with Crippen molar-refractivity contribution < 1.29 is 4.79 Å². The number of likely N-dealkylation sites (N-methyl/N-ethyl adjacent to an activating group) is 1. The summed E-state index contributed by atoms with van der Waals surface area (Å²) in [5, 5.41) is 6.41. The molecule has 3 rings (SSSR count). The molecule has 1 aromatic heterocycles. The summed E-state index contributed by atoms with van der Waals surface area (Å²) in [6, 6.07) is 0.324. The van der Waals surface area contributed by atoms with Gasteiger partial charge >= 0.3 is 0 Å². The molecule has 1 aliphatic heterocycles. The molecule has 1 aromatic rings. The molecule has 0 aromatic carbocycles. The van der Waals surface area contributed by atoms with Crippen LogP contribution in [0.3, 0.4) is 0 Å². The molecule has 0 unspecified atom stereocenters. The fourth-order valence-electron chi connectivity index (χ4n) is 2.45. The Labute approximate surface area is 111 Å². The van der Waals surface area contributed by atoms with Crippen molar-refractivity contribution >= 4 is 17.2 Å². The van der Waals surface area contributed by atoms with Gasteiger partial charge in [0, 0.05) is 30.3 Å². The highest BCUT2D eigenvalue weighted by Crippen LogP contribution is 2.40. The number of aromatic nitrogens is 1. The summed E-state index contributed by atoms with van der Waals surface area (Å²) in [5.41, 5.74) is 1.29. The lowest BCUT2D eigenvalue weighted by atomic mass is 10.2. The largest absolute Gasteiger partial charge is 0.352 e. The van der Waals surface area contributed by atoms with E-state index in [-0.39, 0.29) is 5.91 Å². The van der Waals surface area contributed by atoms with Crippen LogP contribution in [0.25, 0.3) is 0 Å². The van der Waals surface area contributed by atoms with Gasteiger partial charge in [-0.05, 0) is 26.3 Å². The van der Waals surface area contributed by atoms with Gasteiger partial charge in [0.1, 0.15) is 5.01 Å². The summed E-state index contributed by atoms with van der Waals surface area (Å²) in [5.74, 6) is 0.938. The van der Waals surface area contributed by atoms with Gasteiger partial charge in [-0.25, -0.2) is 4.98 Å². The minimum absolute atomic E-state index is 0.193. The molecule has 1 atom stereocenters.